The van der Waals surface area contributed by atoms with Crippen LogP contribution in [0.2, 0.25) is 0 Å². The normalized spacial score (nSPS) is 24.8. The first kappa shape index (κ1) is 14.4. The van der Waals surface area contributed by atoms with Gasteiger partial charge in [0, 0.05) is 19.1 Å². The topological polar surface area (TPSA) is 56.3 Å². The number of likely N-dealkylation sites (tertiary alicyclic amines) is 1. The molecule has 2 atom stereocenters. The number of nitrogens with two attached hydrogens (primary N) is 1. The molecule has 1 rings (SSSR count). The number of nitrogens with zero attached hydrogens (tertiary/aromatic N) is 3. The maximum atomic E-state index is 8.87. The molecule has 1 heterocycles. The maximum Gasteiger partial charge on any atom is 0.102 e. The van der Waals surface area contributed by atoms with Crippen LogP contribution in [0, 0.1) is 11.3 Å². The van der Waals surface area contributed by atoms with Crippen LogP contribution >= 0.6 is 0 Å². The first-order valence-electron chi connectivity index (χ1n) is 6.61. The van der Waals surface area contributed by atoms with E-state index in [1.807, 2.05) is 0 Å². The Morgan fingerprint density at radius 1 is 1.59 bits per heavy atom. The fraction of sp³-hybridized carbons (Fsp3) is 0.923. The van der Waals surface area contributed by atoms with Crippen LogP contribution in [0.25, 0.3) is 0 Å². The molecule has 2 unspecified atom stereocenters. The molecule has 2 N–H and O–H groups in total. The van der Waals surface area contributed by atoms with Crippen LogP contribution in [0.3, 0.4) is 0 Å². The highest BCUT2D eigenvalue weighted by molar-refractivity contribution is 5.01. The highest BCUT2D eigenvalue weighted by atomic mass is 15.2. The van der Waals surface area contributed by atoms with Crippen LogP contribution in [0.15, 0.2) is 0 Å². The molecule has 0 radical (unpaired) electrons. The molecule has 0 aromatic carbocycles. The monoisotopic (exact) mass is 238 g/mol. The highest BCUT2D eigenvalue weighted by Gasteiger charge is 2.25. The Balaban J connectivity index is 2.30. The van der Waals surface area contributed by atoms with Gasteiger partial charge in [-0.05, 0) is 46.3 Å². The Bertz CT molecular complexity index is 269. The van der Waals surface area contributed by atoms with Gasteiger partial charge in [-0.25, -0.2) is 0 Å². The molecular formula is C13H26N4. The molecule has 1 aliphatic rings. The standard InChI is InChI=1S/C13H26N4/c1-4-17-8-5-6-12(17)10-16(3)9-7-13(2,15)11-14/h12H,4-10,15H2,1-3H3. The zero-order chi connectivity index (χ0) is 12.9. The highest BCUT2D eigenvalue weighted by Crippen LogP contribution is 2.17. The third-order valence-electron chi connectivity index (χ3n) is 3.70. The third-order valence-corrected chi connectivity index (χ3v) is 3.70. The van der Waals surface area contributed by atoms with Crippen LogP contribution < -0.4 is 5.73 Å². The molecule has 0 bridgehead atoms. The van der Waals surface area contributed by atoms with Gasteiger partial charge < -0.3 is 10.6 Å². The van der Waals surface area contributed by atoms with E-state index in [4.69, 9.17) is 11.0 Å². The summed E-state index contributed by atoms with van der Waals surface area (Å²) in [4.78, 5) is 4.85. The number of nitriles is 1. The minimum absolute atomic E-state index is 0.686. The summed E-state index contributed by atoms with van der Waals surface area (Å²) in [6, 6.07) is 2.84. The first-order valence-corrected chi connectivity index (χ1v) is 6.61. The van der Waals surface area contributed by atoms with E-state index in [1.54, 1.807) is 6.92 Å². The van der Waals surface area contributed by atoms with Crippen LogP contribution in [0.5, 0.6) is 0 Å². The summed E-state index contributed by atoms with van der Waals surface area (Å²) < 4.78 is 0. The first-order chi connectivity index (χ1) is 7.98. The summed E-state index contributed by atoms with van der Waals surface area (Å²) >= 11 is 0. The van der Waals surface area contributed by atoms with E-state index in [9.17, 15) is 0 Å². The Hall–Kier alpha value is -0.630. The molecule has 4 nitrogen and oxygen atoms in total. The zero-order valence-corrected chi connectivity index (χ0v) is 11.4. The van der Waals surface area contributed by atoms with Gasteiger partial charge in [-0.15, -0.1) is 0 Å². The molecule has 1 saturated heterocycles. The van der Waals surface area contributed by atoms with Crippen molar-refractivity contribution in [3.8, 4) is 6.07 Å². The third kappa shape index (κ3) is 4.63. The number of hydrogen-bond donors (Lipinski definition) is 1. The van der Waals surface area contributed by atoms with E-state index in [0.29, 0.717) is 6.04 Å². The van der Waals surface area contributed by atoms with Crippen molar-refractivity contribution in [2.24, 2.45) is 5.73 Å². The molecule has 0 saturated carbocycles. The molecular weight excluding hydrogens is 212 g/mol. The van der Waals surface area contributed by atoms with Gasteiger partial charge in [0.25, 0.3) is 0 Å². The van der Waals surface area contributed by atoms with Crippen molar-refractivity contribution >= 4 is 0 Å². The maximum absolute atomic E-state index is 8.87. The second-order valence-electron chi connectivity index (χ2n) is 5.47. The predicted octanol–water partition coefficient (Wildman–Crippen LogP) is 1.03. The van der Waals surface area contributed by atoms with Crippen molar-refractivity contribution in [3.63, 3.8) is 0 Å². The summed E-state index contributed by atoms with van der Waals surface area (Å²) in [6.07, 6.45) is 3.36. The SMILES string of the molecule is CCN1CCCC1CN(C)CCC(C)(N)C#N. The van der Waals surface area contributed by atoms with E-state index in [-0.39, 0.29) is 0 Å². The van der Waals surface area contributed by atoms with E-state index >= 15 is 0 Å². The number of rotatable bonds is 6. The quantitative estimate of drug-likeness (QED) is 0.751. The Labute approximate surface area is 105 Å². The van der Waals surface area contributed by atoms with E-state index in [2.05, 4.69) is 29.8 Å². The smallest absolute Gasteiger partial charge is 0.102 e. The fourth-order valence-corrected chi connectivity index (χ4v) is 2.45. The van der Waals surface area contributed by atoms with Crippen molar-refractivity contribution in [3.05, 3.63) is 0 Å². The number of hydrogen-bond acceptors (Lipinski definition) is 4. The second kappa shape index (κ2) is 6.34. The van der Waals surface area contributed by atoms with Crippen molar-refractivity contribution < 1.29 is 0 Å². The summed E-state index contributed by atoms with van der Waals surface area (Å²) in [5.41, 5.74) is 5.14. The van der Waals surface area contributed by atoms with Crippen LogP contribution in [0.1, 0.15) is 33.1 Å². The Kier molecular flexibility index (Phi) is 5.38. The zero-order valence-electron chi connectivity index (χ0n) is 11.4. The van der Waals surface area contributed by atoms with Gasteiger partial charge >= 0.3 is 0 Å². The lowest BCUT2D eigenvalue weighted by atomic mass is 10.0. The Morgan fingerprint density at radius 3 is 2.88 bits per heavy atom. The molecule has 98 valence electrons. The molecule has 0 amide bonds. The van der Waals surface area contributed by atoms with Gasteiger partial charge in [0.05, 0.1) is 6.07 Å². The minimum Gasteiger partial charge on any atom is -0.314 e. The molecule has 0 aromatic heterocycles. The van der Waals surface area contributed by atoms with E-state index in [1.165, 1.54) is 19.4 Å². The lowest BCUT2D eigenvalue weighted by molar-refractivity contribution is 0.193. The van der Waals surface area contributed by atoms with Crippen molar-refractivity contribution in [1.29, 1.82) is 5.26 Å². The molecule has 1 fully saturated rings. The van der Waals surface area contributed by atoms with Gasteiger partial charge in [0.2, 0.25) is 0 Å². The lowest BCUT2D eigenvalue weighted by Crippen LogP contribution is -2.42. The minimum atomic E-state index is -0.686. The van der Waals surface area contributed by atoms with Gasteiger partial charge in [0.15, 0.2) is 0 Å². The fourth-order valence-electron chi connectivity index (χ4n) is 2.45. The van der Waals surface area contributed by atoms with Crippen molar-refractivity contribution in [1.82, 2.24) is 9.80 Å². The second-order valence-corrected chi connectivity index (χ2v) is 5.47. The average molecular weight is 238 g/mol. The molecule has 17 heavy (non-hydrogen) atoms. The van der Waals surface area contributed by atoms with E-state index < -0.39 is 5.54 Å². The van der Waals surface area contributed by atoms with Gasteiger partial charge in [-0.2, -0.15) is 5.26 Å². The van der Waals surface area contributed by atoms with Crippen molar-refractivity contribution in [2.45, 2.75) is 44.7 Å². The Morgan fingerprint density at radius 2 is 2.29 bits per heavy atom. The summed E-state index contributed by atoms with van der Waals surface area (Å²) in [6.45, 7) is 8.40. The summed E-state index contributed by atoms with van der Waals surface area (Å²) in [5.74, 6) is 0. The van der Waals surface area contributed by atoms with Gasteiger partial charge in [-0.3, -0.25) is 4.90 Å². The molecule has 1 aliphatic heterocycles. The van der Waals surface area contributed by atoms with E-state index in [0.717, 1.165) is 26.1 Å². The summed E-state index contributed by atoms with van der Waals surface area (Å²) in [7, 11) is 2.12. The largest absolute Gasteiger partial charge is 0.314 e. The number of likely N-dealkylation sites (N-methyl/N-ethyl adjacent to an activating group) is 2. The molecule has 4 heteroatoms. The van der Waals surface area contributed by atoms with Crippen LogP contribution in [-0.4, -0.2) is 54.6 Å². The average Bonchev–Trinajstić information content (AvgIpc) is 2.74. The van der Waals surface area contributed by atoms with Crippen LogP contribution in [-0.2, 0) is 0 Å². The van der Waals surface area contributed by atoms with Crippen LogP contribution in [0.4, 0.5) is 0 Å². The molecule has 0 spiro atoms. The molecule has 0 aromatic rings. The summed E-state index contributed by atoms with van der Waals surface area (Å²) in [5, 5.41) is 8.87. The van der Waals surface area contributed by atoms with Gasteiger partial charge in [-0.1, -0.05) is 6.92 Å². The predicted molar refractivity (Wildman–Crippen MR) is 70.6 cm³/mol. The van der Waals surface area contributed by atoms with Gasteiger partial charge in [0.1, 0.15) is 5.54 Å². The lowest BCUT2D eigenvalue weighted by Gasteiger charge is -2.28. The molecule has 0 aliphatic carbocycles. The van der Waals surface area contributed by atoms with Crippen molar-refractivity contribution in [2.75, 3.05) is 33.2 Å².